The maximum atomic E-state index is 2.35. The molecule has 0 saturated carbocycles. The zero-order valence-corrected chi connectivity index (χ0v) is 19.8. The molecule has 0 saturated heterocycles. The van der Waals surface area contributed by atoms with Gasteiger partial charge in [-0.25, -0.2) is 0 Å². The standard InChI is InChI=1S/C34H28/c1-24-20-25(2)22-26(21-24)23-27-12-11-19-32-33(27)30-17-9-10-18-31(30)34(32,28-13-5-3-6-14-28)29-15-7-4-8-16-29/h3-22H,23H2,1-2H3. The molecule has 0 nitrogen and oxygen atoms in total. The van der Waals surface area contributed by atoms with Crippen LogP contribution in [0.2, 0.25) is 0 Å². The van der Waals surface area contributed by atoms with Crippen LogP contribution in [-0.4, -0.2) is 0 Å². The van der Waals surface area contributed by atoms with Crippen molar-refractivity contribution in [1.82, 2.24) is 0 Å². The monoisotopic (exact) mass is 436 g/mol. The third-order valence-electron chi connectivity index (χ3n) is 7.24. The molecular weight excluding hydrogens is 408 g/mol. The predicted molar refractivity (Wildman–Crippen MR) is 142 cm³/mol. The summed E-state index contributed by atoms with van der Waals surface area (Å²) in [5.41, 5.74) is 13.2. The minimum atomic E-state index is -0.326. The quantitative estimate of drug-likeness (QED) is 0.261. The molecule has 1 aliphatic carbocycles. The Hall–Kier alpha value is -3.90. The summed E-state index contributed by atoms with van der Waals surface area (Å²) in [6.45, 7) is 4.38. The van der Waals surface area contributed by atoms with E-state index >= 15 is 0 Å². The van der Waals surface area contributed by atoms with E-state index in [1.807, 2.05) is 0 Å². The average molecular weight is 437 g/mol. The lowest BCUT2D eigenvalue weighted by molar-refractivity contribution is 0.768. The molecular formula is C34H28. The van der Waals surface area contributed by atoms with Gasteiger partial charge in [-0.2, -0.15) is 0 Å². The normalized spacial score (nSPS) is 13.4. The third-order valence-corrected chi connectivity index (χ3v) is 7.24. The van der Waals surface area contributed by atoms with Crippen molar-refractivity contribution in [3.8, 4) is 11.1 Å². The van der Waals surface area contributed by atoms with Crippen LogP contribution in [-0.2, 0) is 11.8 Å². The molecule has 0 radical (unpaired) electrons. The van der Waals surface area contributed by atoms with Gasteiger partial charge in [0.15, 0.2) is 0 Å². The topological polar surface area (TPSA) is 0 Å². The van der Waals surface area contributed by atoms with E-state index in [-0.39, 0.29) is 5.41 Å². The van der Waals surface area contributed by atoms with E-state index in [4.69, 9.17) is 0 Å². The summed E-state index contributed by atoms with van der Waals surface area (Å²) < 4.78 is 0. The lowest BCUT2D eigenvalue weighted by Crippen LogP contribution is -2.28. The van der Waals surface area contributed by atoms with E-state index in [1.165, 1.54) is 55.6 Å². The smallest absolute Gasteiger partial charge is 0.0622 e. The highest BCUT2D eigenvalue weighted by atomic mass is 14.5. The molecule has 0 bridgehead atoms. The molecule has 0 heteroatoms. The highest BCUT2D eigenvalue weighted by Gasteiger charge is 2.46. The molecule has 5 aromatic rings. The minimum absolute atomic E-state index is 0.326. The van der Waals surface area contributed by atoms with Crippen molar-refractivity contribution in [1.29, 1.82) is 0 Å². The molecule has 164 valence electrons. The van der Waals surface area contributed by atoms with Gasteiger partial charge in [-0.05, 0) is 64.8 Å². The Morgan fingerprint density at radius 2 is 1.09 bits per heavy atom. The number of benzene rings is 5. The van der Waals surface area contributed by atoms with Gasteiger partial charge in [0, 0.05) is 0 Å². The van der Waals surface area contributed by atoms with Crippen molar-refractivity contribution in [3.63, 3.8) is 0 Å². The Balaban J connectivity index is 1.67. The van der Waals surface area contributed by atoms with Crippen LogP contribution < -0.4 is 0 Å². The number of rotatable bonds is 4. The number of fused-ring (bicyclic) bond motifs is 3. The summed E-state index contributed by atoms with van der Waals surface area (Å²) in [6.07, 6.45) is 0.930. The first-order valence-corrected chi connectivity index (χ1v) is 12.1. The molecule has 0 atom stereocenters. The third kappa shape index (κ3) is 3.14. The largest absolute Gasteiger partial charge is 0.0713 e. The lowest BCUT2D eigenvalue weighted by Gasteiger charge is -2.34. The zero-order valence-electron chi connectivity index (χ0n) is 19.8. The van der Waals surface area contributed by atoms with Gasteiger partial charge in [0.25, 0.3) is 0 Å². The van der Waals surface area contributed by atoms with E-state index in [1.54, 1.807) is 0 Å². The van der Waals surface area contributed by atoms with Gasteiger partial charge < -0.3 is 0 Å². The number of hydrogen-bond acceptors (Lipinski definition) is 0. The van der Waals surface area contributed by atoms with Crippen molar-refractivity contribution in [2.45, 2.75) is 25.7 Å². The van der Waals surface area contributed by atoms with Crippen LogP contribution >= 0.6 is 0 Å². The molecule has 0 unspecified atom stereocenters. The minimum Gasteiger partial charge on any atom is -0.0622 e. The van der Waals surface area contributed by atoms with Gasteiger partial charge in [0.2, 0.25) is 0 Å². The second-order valence-electron chi connectivity index (χ2n) is 9.54. The molecule has 0 spiro atoms. The Bertz CT molecular complexity index is 1420. The van der Waals surface area contributed by atoms with Crippen LogP contribution in [0.25, 0.3) is 11.1 Å². The second kappa shape index (κ2) is 8.15. The molecule has 0 aromatic heterocycles. The molecule has 0 amide bonds. The van der Waals surface area contributed by atoms with Crippen molar-refractivity contribution < 1.29 is 0 Å². The van der Waals surface area contributed by atoms with E-state index in [2.05, 4.69) is 135 Å². The number of hydrogen-bond donors (Lipinski definition) is 0. The van der Waals surface area contributed by atoms with E-state index in [0.717, 1.165) is 6.42 Å². The van der Waals surface area contributed by atoms with Crippen molar-refractivity contribution in [2.75, 3.05) is 0 Å². The van der Waals surface area contributed by atoms with Crippen LogP contribution in [0.5, 0.6) is 0 Å². The summed E-state index contributed by atoms with van der Waals surface area (Å²) in [5.74, 6) is 0. The van der Waals surface area contributed by atoms with E-state index < -0.39 is 0 Å². The van der Waals surface area contributed by atoms with Gasteiger partial charge in [-0.1, -0.05) is 132 Å². The van der Waals surface area contributed by atoms with Crippen molar-refractivity contribution >= 4 is 0 Å². The zero-order chi connectivity index (χ0) is 23.1. The molecule has 6 rings (SSSR count). The summed E-state index contributed by atoms with van der Waals surface area (Å²) in [6, 6.07) is 44.9. The van der Waals surface area contributed by atoms with Gasteiger partial charge in [0.1, 0.15) is 0 Å². The van der Waals surface area contributed by atoms with Crippen LogP contribution in [0.4, 0.5) is 0 Å². The van der Waals surface area contributed by atoms with Crippen LogP contribution in [0.1, 0.15) is 44.5 Å². The molecule has 1 aliphatic rings. The fraction of sp³-hybridized carbons (Fsp3) is 0.118. The molecule has 5 aromatic carbocycles. The maximum absolute atomic E-state index is 2.35. The summed E-state index contributed by atoms with van der Waals surface area (Å²) >= 11 is 0. The first kappa shape index (κ1) is 20.7. The SMILES string of the molecule is Cc1cc(C)cc(Cc2cccc3c2-c2ccccc2C3(c2ccccc2)c2ccccc2)c1. The van der Waals surface area contributed by atoms with Crippen LogP contribution in [0.3, 0.4) is 0 Å². The predicted octanol–water partition coefficient (Wildman–Crippen LogP) is 8.26. The van der Waals surface area contributed by atoms with Crippen LogP contribution in [0.15, 0.2) is 121 Å². The van der Waals surface area contributed by atoms with Crippen LogP contribution in [0, 0.1) is 13.8 Å². The highest BCUT2D eigenvalue weighted by Crippen LogP contribution is 2.56. The molecule has 0 fully saturated rings. The average Bonchev–Trinajstić information content (AvgIpc) is 3.17. The van der Waals surface area contributed by atoms with Crippen molar-refractivity contribution in [3.05, 3.63) is 166 Å². The molecule has 0 N–H and O–H groups in total. The van der Waals surface area contributed by atoms with Gasteiger partial charge in [-0.15, -0.1) is 0 Å². The first-order valence-electron chi connectivity index (χ1n) is 12.1. The highest BCUT2D eigenvalue weighted by molar-refractivity contribution is 5.88. The molecule has 0 heterocycles. The Kier molecular flexibility index (Phi) is 4.96. The van der Waals surface area contributed by atoms with E-state index in [0.29, 0.717) is 0 Å². The summed E-state index contributed by atoms with van der Waals surface area (Å²) in [4.78, 5) is 0. The summed E-state index contributed by atoms with van der Waals surface area (Å²) in [7, 11) is 0. The molecule has 34 heavy (non-hydrogen) atoms. The molecule has 0 aliphatic heterocycles. The van der Waals surface area contributed by atoms with Gasteiger partial charge in [0.05, 0.1) is 5.41 Å². The van der Waals surface area contributed by atoms with Crippen molar-refractivity contribution in [2.24, 2.45) is 0 Å². The van der Waals surface area contributed by atoms with Gasteiger partial charge >= 0.3 is 0 Å². The first-order chi connectivity index (χ1) is 16.7. The Morgan fingerprint density at radius 3 is 1.74 bits per heavy atom. The van der Waals surface area contributed by atoms with Gasteiger partial charge in [-0.3, -0.25) is 0 Å². The number of aryl methyl sites for hydroxylation is 2. The Morgan fingerprint density at radius 1 is 0.529 bits per heavy atom. The van der Waals surface area contributed by atoms with E-state index in [9.17, 15) is 0 Å². The Labute approximate surface area is 202 Å². The lowest BCUT2D eigenvalue weighted by atomic mass is 9.67. The maximum Gasteiger partial charge on any atom is 0.0713 e. The fourth-order valence-electron chi connectivity index (χ4n) is 6.11. The summed E-state index contributed by atoms with van der Waals surface area (Å²) in [5, 5.41) is 0. The second-order valence-corrected chi connectivity index (χ2v) is 9.54. The fourth-order valence-corrected chi connectivity index (χ4v) is 6.11.